The maximum Gasteiger partial charge on any atom is 0.0551 e. The molecule has 1 fully saturated rings. The second-order valence-electron chi connectivity index (χ2n) is 6.68. The van der Waals surface area contributed by atoms with Crippen molar-refractivity contribution in [3.63, 3.8) is 0 Å². The van der Waals surface area contributed by atoms with Crippen molar-refractivity contribution < 1.29 is 4.74 Å². The molecule has 0 bridgehead atoms. The van der Waals surface area contributed by atoms with Gasteiger partial charge in [-0.25, -0.2) is 0 Å². The van der Waals surface area contributed by atoms with E-state index in [1.807, 2.05) is 0 Å². The molecule has 3 nitrogen and oxygen atoms in total. The normalized spacial score (nSPS) is 30.1. The Kier molecular flexibility index (Phi) is 3.99. The number of hydrogen-bond acceptors (Lipinski definition) is 3. The molecule has 2 heterocycles. The summed E-state index contributed by atoms with van der Waals surface area (Å²) in [7, 11) is 0. The van der Waals surface area contributed by atoms with Gasteiger partial charge in [-0.15, -0.1) is 0 Å². The van der Waals surface area contributed by atoms with Gasteiger partial charge in [0.15, 0.2) is 0 Å². The van der Waals surface area contributed by atoms with Gasteiger partial charge in [0.2, 0.25) is 0 Å². The Labute approximate surface area is 122 Å². The number of ether oxygens (including phenoxy) is 1. The van der Waals surface area contributed by atoms with Crippen molar-refractivity contribution in [2.45, 2.75) is 26.2 Å². The van der Waals surface area contributed by atoms with E-state index >= 15 is 0 Å². The third-order valence-electron chi connectivity index (χ3n) is 4.80. The molecule has 0 saturated carbocycles. The van der Waals surface area contributed by atoms with E-state index in [0.29, 0.717) is 5.92 Å². The second-order valence-corrected chi connectivity index (χ2v) is 6.68. The minimum atomic E-state index is 0.141. The Morgan fingerprint density at radius 1 is 1.40 bits per heavy atom. The van der Waals surface area contributed by atoms with Crippen LogP contribution in [-0.4, -0.2) is 32.8 Å². The average Bonchev–Trinajstić information content (AvgIpc) is 2.48. The van der Waals surface area contributed by atoms with Gasteiger partial charge < -0.3 is 15.4 Å². The first-order valence-electron chi connectivity index (χ1n) is 7.83. The first kappa shape index (κ1) is 13.9. The molecule has 2 atom stereocenters. The van der Waals surface area contributed by atoms with Crippen LogP contribution >= 0.6 is 0 Å². The highest BCUT2D eigenvalue weighted by Gasteiger charge is 2.35. The first-order valence-corrected chi connectivity index (χ1v) is 7.83. The Balaban J connectivity index is 1.83. The molecule has 2 unspecified atom stereocenters. The Morgan fingerprint density at radius 2 is 2.25 bits per heavy atom. The topological polar surface area (TPSA) is 38.5 Å². The maximum atomic E-state index is 6.10. The highest BCUT2D eigenvalue weighted by Crippen LogP contribution is 2.35. The SMILES string of the molecule is CC1Cc2ccccc2N(CC2(CN)CCCOC2)C1. The summed E-state index contributed by atoms with van der Waals surface area (Å²) in [6, 6.07) is 8.82. The van der Waals surface area contributed by atoms with Crippen molar-refractivity contribution in [3.05, 3.63) is 29.8 Å². The lowest BCUT2D eigenvalue weighted by atomic mass is 9.81. The first-order chi connectivity index (χ1) is 9.72. The molecule has 0 aliphatic carbocycles. The van der Waals surface area contributed by atoms with Gasteiger partial charge in [-0.2, -0.15) is 0 Å². The molecule has 1 aromatic rings. The molecule has 110 valence electrons. The number of nitrogens with zero attached hydrogens (tertiary/aromatic N) is 1. The highest BCUT2D eigenvalue weighted by atomic mass is 16.5. The van der Waals surface area contributed by atoms with E-state index in [4.69, 9.17) is 10.5 Å². The molecule has 1 saturated heterocycles. The van der Waals surface area contributed by atoms with Crippen molar-refractivity contribution >= 4 is 5.69 Å². The van der Waals surface area contributed by atoms with E-state index in [9.17, 15) is 0 Å². The van der Waals surface area contributed by atoms with Gasteiger partial charge >= 0.3 is 0 Å². The van der Waals surface area contributed by atoms with Gasteiger partial charge in [-0.05, 0) is 36.8 Å². The molecule has 0 amide bonds. The van der Waals surface area contributed by atoms with E-state index in [2.05, 4.69) is 36.1 Å². The van der Waals surface area contributed by atoms with Gasteiger partial charge in [0.1, 0.15) is 0 Å². The summed E-state index contributed by atoms with van der Waals surface area (Å²) >= 11 is 0. The molecule has 0 radical (unpaired) electrons. The molecule has 1 aromatic carbocycles. The number of fused-ring (bicyclic) bond motifs is 1. The maximum absolute atomic E-state index is 6.10. The van der Waals surface area contributed by atoms with Crippen LogP contribution in [0.25, 0.3) is 0 Å². The Bertz CT molecular complexity index is 454. The zero-order valence-corrected chi connectivity index (χ0v) is 12.5. The van der Waals surface area contributed by atoms with Crippen LogP contribution in [0.4, 0.5) is 5.69 Å². The molecule has 2 aliphatic rings. The van der Waals surface area contributed by atoms with Crippen molar-refractivity contribution in [2.75, 3.05) is 37.7 Å². The van der Waals surface area contributed by atoms with Crippen LogP contribution in [0.3, 0.4) is 0 Å². The number of nitrogens with two attached hydrogens (primary N) is 1. The summed E-state index contributed by atoms with van der Waals surface area (Å²) in [4.78, 5) is 2.55. The molecule has 3 rings (SSSR count). The predicted molar refractivity (Wildman–Crippen MR) is 83.1 cm³/mol. The fraction of sp³-hybridized carbons (Fsp3) is 0.647. The van der Waals surface area contributed by atoms with Gasteiger partial charge in [0.25, 0.3) is 0 Å². The minimum absolute atomic E-state index is 0.141. The third kappa shape index (κ3) is 2.70. The summed E-state index contributed by atoms with van der Waals surface area (Å²) in [5.41, 5.74) is 9.13. The van der Waals surface area contributed by atoms with E-state index in [0.717, 1.165) is 39.3 Å². The molecule has 20 heavy (non-hydrogen) atoms. The van der Waals surface area contributed by atoms with Gasteiger partial charge in [-0.1, -0.05) is 25.1 Å². The van der Waals surface area contributed by atoms with Crippen LogP contribution in [0.2, 0.25) is 0 Å². The number of hydrogen-bond donors (Lipinski definition) is 1. The predicted octanol–water partition coefficient (Wildman–Crippen LogP) is 2.44. The van der Waals surface area contributed by atoms with Crippen LogP contribution in [0, 0.1) is 11.3 Å². The molecular weight excluding hydrogens is 248 g/mol. The molecule has 3 heteroatoms. The standard InChI is InChI=1S/C17H26N2O/c1-14-9-15-5-2-3-6-16(15)19(10-14)12-17(11-18)7-4-8-20-13-17/h2-3,5-6,14H,4,7-13,18H2,1H3. The average molecular weight is 274 g/mol. The Hall–Kier alpha value is -1.06. The zero-order valence-electron chi connectivity index (χ0n) is 12.5. The van der Waals surface area contributed by atoms with Crippen LogP contribution < -0.4 is 10.6 Å². The summed E-state index contributed by atoms with van der Waals surface area (Å²) in [6.45, 7) is 6.95. The van der Waals surface area contributed by atoms with Crippen molar-refractivity contribution in [1.82, 2.24) is 0 Å². The fourth-order valence-electron chi connectivity index (χ4n) is 3.72. The second kappa shape index (κ2) is 5.74. The van der Waals surface area contributed by atoms with E-state index in [-0.39, 0.29) is 5.41 Å². The lowest BCUT2D eigenvalue weighted by Gasteiger charge is -2.44. The number of rotatable bonds is 3. The minimum Gasteiger partial charge on any atom is -0.381 e. The van der Waals surface area contributed by atoms with Crippen molar-refractivity contribution in [2.24, 2.45) is 17.1 Å². The van der Waals surface area contributed by atoms with Gasteiger partial charge in [-0.3, -0.25) is 0 Å². The van der Waals surface area contributed by atoms with E-state index < -0.39 is 0 Å². The van der Waals surface area contributed by atoms with Crippen LogP contribution in [-0.2, 0) is 11.2 Å². The summed E-state index contributed by atoms with van der Waals surface area (Å²) in [5, 5.41) is 0. The molecule has 0 aromatic heterocycles. The third-order valence-corrected chi connectivity index (χ3v) is 4.80. The van der Waals surface area contributed by atoms with Gasteiger partial charge in [0.05, 0.1) is 6.61 Å². The Morgan fingerprint density at radius 3 is 3.00 bits per heavy atom. The zero-order chi connectivity index (χ0) is 14.0. The number of para-hydroxylation sites is 1. The van der Waals surface area contributed by atoms with Crippen molar-refractivity contribution in [3.8, 4) is 0 Å². The molecule has 0 spiro atoms. The summed E-state index contributed by atoms with van der Waals surface area (Å²) < 4.78 is 5.73. The van der Waals surface area contributed by atoms with E-state index in [1.165, 1.54) is 24.1 Å². The van der Waals surface area contributed by atoms with Crippen LogP contribution in [0.15, 0.2) is 24.3 Å². The lowest BCUT2D eigenvalue weighted by Crippen LogP contribution is -2.50. The summed E-state index contributed by atoms with van der Waals surface area (Å²) in [6.07, 6.45) is 3.53. The molecular formula is C17H26N2O. The quantitative estimate of drug-likeness (QED) is 0.920. The fourth-order valence-corrected chi connectivity index (χ4v) is 3.72. The molecule has 2 aliphatic heterocycles. The monoisotopic (exact) mass is 274 g/mol. The van der Waals surface area contributed by atoms with Gasteiger partial charge in [0, 0.05) is 37.3 Å². The largest absolute Gasteiger partial charge is 0.381 e. The van der Waals surface area contributed by atoms with Crippen molar-refractivity contribution in [1.29, 1.82) is 0 Å². The smallest absolute Gasteiger partial charge is 0.0551 e. The van der Waals surface area contributed by atoms with E-state index in [1.54, 1.807) is 0 Å². The number of anilines is 1. The lowest BCUT2D eigenvalue weighted by molar-refractivity contribution is 0.000799. The highest BCUT2D eigenvalue weighted by molar-refractivity contribution is 5.56. The molecule has 2 N–H and O–H groups in total. The van der Waals surface area contributed by atoms with Crippen LogP contribution in [0.5, 0.6) is 0 Å². The number of benzene rings is 1. The van der Waals surface area contributed by atoms with Crippen LogP contribution in [0.1, 0.15) is 25.3 Å². The summed E-state index contributed by atoms with van der Waals surface area (Å²) in [5.74, 6) is 0.712.